The molecule has 1 heterocycles. The van der Waals surface area contributed by atoms with Crippen molar-refractivity contribution < 1.29 is 4.79 Å². The third-order valence-corrected chi connectivity index (χ3v) is 5.71. The van der Waals surface area contributed by atoms with E-state index < -0.39 is 0 Å². The Balaban J connectivity index is 1.66. The van der Waals surface area contributed by atoms with Crippen LogP contribution in [0.2, 0.25) is 5.02 Å². The topological polar surface area (TPSA) is 59.8 Å². The Labute approximate surface area is 165 Å². The Bertz CT molecular complexity index is 929. The molecule has 2 aromatic carbocycles. The highest BCUT2D eigenvalue weighted by atomic mass is 35.5. The SMILES string of the molecule is CSc1cccc(NC(=O)CSc2nncn2-c2ccc(C)c(Cl)c2)c1. The molecule has 8 heteroatoms. The van der Waals surface area contributed by atoms with Gasteiger partial charge in [0.25, 0.3) is 0 Å². The molecule has 26 heavy (non-hydrogen) atoms. The highest BCUT2D eigenvalue weighted by molar-refractivity contribution is 7.99. The molecule has 3 aromatic rings. The van der Waals surface area contributed by atoms with E-state index >= 15 is 0 Å². The highest BCUT2D eigenvalue weighted by Crippen LogP contribution is 2.24. The molecule has 134 valence electrons. The Morgan fingerprint density at radius 3 is 2.88 bits per heavy atom. The van der Waals surface area contributed by atoms with Gasteiger partial charge in [0.2, 0.25) is 5.91 Å². The maximum Gasteiger partial charge on any atom is 0.234 e. The molecule has 5 nitrogen and oxygen atoms in total. The number of halogens is 1. The second-order valence-corrected chi connectivity index (χ2v) is 7.72. The molecule has 0 aliphatic carbocycles. The Morgan fingerprint density at radius 2 is 2.12 bits per heavy atom. The summed E-state index contributed by atoms with van der Waals surface area (Å²) in [5.41, 5.74) is 2.65. The van der Waals surface area contributed by atoms with E-state index in [4.69, 9.17) is 11.6 Å². The number of rotatable bonds is 6. The summed E-state index contributed by atoms with van der Waals surface area (Å²) in [5.74, 6) is 0.145. The van der Waals surface area contributed by atoms with E-state index in [0.29, 0.717) is 10.2 Å². The van der Waals surface area contributed by atoms with Crippen LogP contribution in [0.15, 0.2) is 58.8 Å². The number of carbonyl (C=O) groups excluding carboxylic acids is 1. The molecule has 1 N–H and O–H groups in total. The van der Waals surface area contributed by atoms with Gasteiger partial charge in [0.15, 0.2) is 5.16 Å². The summed E-state index contributed by atoms with van der Waals surface area (Å²) < 4.78 is 1.82. The van der Waals surface area contributed by atoms with Crippen LogP contribution in [0, 0.1) is 6.92 Å². The van der Waals surface area contributed by atoms with Crippen LogP contribution in [0.1, 0.15) is 5.56 Å². The Kier molecular flexibility index (Phi) is 6.24. The number of thioether (sulfide) groups is 2. The van der Waals surface area contributed by atoms with Gasteiger partial charge in [-0.25, -0.2) is 0 Å². The zero-order valence-electron chi connectivity index (χ0n) is 14.3. The maximum atomic E-state index is 12.2. The normalized spacial score (nSPS) is 10.7. The molecule has 1 aromatic heterocycles. The quantitative estimate of drug-likeness (QED) is 0.604. The van der Waals surface area contributed by atoms with E-state index in [-0.39, 0.29) is 11.7 Å². The number of aromatic nitrogens is 3. The van der Waals surface area contributed by atoms with Gasteiger partial charge in [0.05, 0.1) is 11.4 Å². The first-order valence-corrected chi connectivity index (χ1v) is 10.4. The van der Waals surface area contributed by atoms with Gasteiger partial charge in [0.1, 0.15) is 6.33 Å². The maximum absolute atomic E-state index is 12.2. The molecule has 0 fully saturated rings. The molecule has 0 atom stereocenters. The number of amides is 1. The van der Waals surface area contributed by atoms with Crippen LogP contribution in [0.5, 0.6) is 0 Å². The summed E-state index contributed by atoms with van der Waals surface area (Å²) in [6.45, 7) is 1.95. The van der Waals surface area contributed by atoms with Crippen molar-refractivity contribution in [1.82, 2.24) is 14.8 Å². The molecule has 0 spiro atoms. The average molecular weight is 405 g/mol. The van der Waals surface area contributed by atoms with Gasteiger partial charge in [-0.15, -0.1) is 22.0 Å². The lowest BCUT2D eigenvalue weighted by atomic mass is 10.2. The molecule has 3 rings (SSSR count). The fourth-order valence-electron chi connectivity index (χ4n) is 2.26. The average Bonchev–Trinajstić information content (AvgIpc) is 3.11. The van der Waals surface area contributed by atoms with Gasteiger partial charge < -0.3 is 5.32 Å². The number of benzene rings is 2. The van der Waals surface area contributed by atoms with Crippen LogP contribution >= 0.6 is 35.1 Å². The van der Waals surface area contributed by atoms with Crippen LogP contribution in [0.4, 0.5) is 5.69 Å². The van der Waals surface area contributed by atoms with E-state index in [2.05, 4.69) is 15.5 Å². The zero-order chi connectivity index (χ0) is 18.5. The standard InChI is InChI=1S/C18H17ClN4OS2/c1-12-6-7-14(9-16(12)19)23-11-20-22-18(23)26-10-17(24)21-13-4-3-5-15(8-13)25-2/h3-9,11H,10H2,1-2H3,(H,21,24). The minimum absolute atomic E-state index is 0.0928. The smallest absolute Gasteiger partial charge is 0.234 e. The van der Waals surface area contributed by atoms with Crippen LogP contribution in [0.3, 0.4) is 0 Å². The van der Waals surface area contributed by atoms with Crippen molar-refractivity contribution in [3.63, 3.8) is 0 Å². The van der Waals surface area contributed by atoms with Gasteiger partial charge in [-0.1, -0.05) is 35.5 Å². The fourth-order valence-corrected chi connectivity index (χ4v) is 3.62. The van der Waals surface area contributed by atoms with Crippen LogP contribution in [-0.2, 0) is 4.79 Å². The summed E-state index contributed by atoms with van der Waals surface area (Å²) in [7, 11) is 0. The lowest BCUT2D eigenvalue weighted by Crippen LogP contribution is -2.14. The Hall–Kier alpha value is -1.96. The van der Waals surface area contributed by atoms with Crippen molar-refractivity contribution >= 4 is 46.7 Å². The fraction of sp³-hybridized carbons (Fsp3) is 0.167. The number of anilines is 1. The van der Waals surface area contributed by atoms with Crippen molar-refractivity contribution in [3.05, 3.63) is 59.4 Å². The molecule has 0 saturated carbocycles. The minimum atomic E-state index is -0.0928. The molecule has 1 amide bonds. The van der Waals surface area contributed by atoms with Crippen molar-refractivity contribution in [2.45, 2.75) is 17.0 Å². The molecule has 0 aliphatic rings. The third kappa shape index (κ3) is 4.60. The Morgan fingerprint density at radius 1 is 1.27 bits per heavy atom. The van der Waals surface area contributed by atoms with E-state index in [1.54, 1.807) is 18.1 Å². The van der Waals surface area contributed by atoms with Crippen LogP contribution < -0.4 is 5.32 Å². The number of hydrogen-bond donors (Lipinski definition) is 1. The second-order valence-electron chi connectivity index (χ2n) is 5.49. The molecule has 0 saturated heterocycles. The van der Waals surface area contributed by atoms with Gasteiger partial charge in [-0.05, 0) is 49.1 Å². The largest absolute Gasteiger partial charge is 0.325 e. The van der Waals surface area contributed by atoms with E-state index in [0.717, 1.165) is 21.8 Å². The van der Waals surface area contributed by atoms with Crippen molar-refractivity contribution in [2.75, 3.05) is 17.3 Å². The van der Waals surface area contributed by atoms with Gasteiger partial charge in [-0.3, -0.25) is 9.36 Å². The second kappa shape index (κ2) is 8.62. The van der Waals surface area contributed by atoms with Crippen LogP contribution in [-0.4, -0.2) is 32.7 Å². The highest BCUT2D eigenvalue weighted by Gasteiger charge is 2.11. The summed E-state index contributed by atoms with van der Waals surface area (Å²) in [6.07, 6.45) is 3.62. The zero-order valence-corrected chi connectivity index (χ0v) is 16.7. The summed E-state index contributed by atoms with van der Waals surface area (Å²) >= 11 is 9.16. The first-order valence-electron chi connectivity index (χ1n) is 7.80. The van der Waals surface area contributed by atoms with Gasteiger partial charge in [-0.2, -0.15) is 0 Å². The van der Waals surface area contributed by atoms with Gasteiger partial charge in [0, 0.05) is 15.6 Å². The van der Waals surface area contributed by atoms with E-state index in [1.165, 1.54) is 11.8 Å². The molecule has 0 unspecified atom stereocenters. The molecule has 0 radical (unpaired) electrons. The minimum Gasteiger partial charge on any atom is -0.325 e. The summed E-state index contributed by atoms with van der Waals surface area (Å²) in [4.78, 5) is 13.3. The monoisotopic (exact) mass is 404 g/mol. The van der Waals surface area contributed by atoms with E-state index in [1.807, 2.05) is 60.2 Å². The predicted molar refractivity (Wildman–Crippen MR) is 109 cm³/mol. The number of hydrogen-bond acceptors (Lipinski definition) is 5. The number of carbonyl (C=O) groups is 1. The molecular weight excluding hydrogens is 388 g/mol. The number of nitrogens with zero attached hydrogens (tertiary/aromatic N) is 3. The number of aryl methyl sites for hydroxylation is 1. The lowest BCUT2D eigenvalue weighted by Gasteiger charge is -2.09. The first kappa shape index (κ1) is 18.8. The van der Waals surface area contributed by atoms with Crippen molar-refractivity contribution in [3.8, 4) is 5.69 Å². The first-order chi connectivity index (χ1) is 12.6. The lowest BCUT2D eigenvalue weighted by molar-refractivity contribution is -0.113. The van der Waals surface area contributed by atoms with Gasteiger partial charge >= 0.3 is 0 Å². The molecular formula is C18H17ClN4OS2. The molecule has 0 aliphatic heterocycles. The third-order valence-electron chi connectivity index (χ3n) is 3.64. The van der Waals surface area contributed by atoms with Crippen LogP contribution in [0.25, 0.3) is 5.69 Å². The summed E-state index contributed by atoms with van der Waals surface area (Å²) in [6, 6.07) is 13.5. The van der Waals surface area contributed by atoms with Crippen molar-refractivity contribution in [2.24, 2.45) is 0 Å². The van der Waals surface area contributed by atoms with E-state index in [9.17, 15) is 4.79 Å². The number of nitrogens with one attached hydrogen (secondary N) is 1. The predicted octanol–water partition coefficient (Wildman–Crippen LogP) is 4.68. The molecule has 0 bridgehead atoms. The summed E-state index contributed by atoms with van der Waals surface area (Å²) in [5, 5.41) is 12.3. The van der Waals surface area contributed by atoms with Crippen molar-refractivity contribution in [1.29, 1.82) is 0 Å².